The number of carbonyl (C=O) groups excluding carboxylic acids is 2. The molecule has 1 aromatic heterocycles. The molecule has 1 saturated carbocycles. The molecule has 1 fully saturated rings. The Kier molecular flexibility index (Phi) is 6.05. The second-order valence-electron chi connectivity index (χ2n) is 8.49. The summed E-state index contributed by atoms with van der Waals surface area (Å²) in [6.07, 6.45) is 10.9. The molecule has 168 valence electrons. The van der Waals surface area contributed by atoms with E-state index in [0.29, 0.717) is 18.2 Å². The SMILES string of the molecule is Cc1cc2c(c(SCC(=O)NC3CC3)n1)CC=CN2C1=C(Nc2ccccc2)CC(=O)C=C1. The summed E-state index contributed by atoms with van der Waals surface area (Å²) in [4.78, 5) is 31.3. The molecule has 2 N–H and O–H groups in total. The summed E-state index contributed by atoms with van der Waals surface area (Å²) in [6.45, 7) is 1.98. The first-order chi connectivity index (χ1) is 16.1. The predicted octanol–water partition coefficient (Wildman–Crippen LogP) is 4.49. The van der Waals surface area contributed by atoms with Crippen LogP contribution in [0.5, 0.6) is 0 Å². The molecular formula is C26H26N4O2S. The minimum Gasteiger partial charge on any atom is -0.357 e. The topological polar surface area (TPSA) is 74.3 Å². The summed E-state index contributed by atoms with van der Waals surface area (Å²) in [5.74, 6) is 0.497. The highest BCUT2D eigenvalue weighted by atomic mass is 32.2. The minimum atomic E-state index is 0.0635. The van der Waals surface area contributed by atoms with Gasteiger partial charge in [-0.1, -0.05) is 36.0 Å². The molecule has 2 heterocycles. The van der Waals surface area contributed by atoms with Gasteiger partial charge >= 0.3 is 0 Å². The fourth-order valence-electron chi connectivity index (χ4n) is 4.00. The Morgan fingerprint density at radius 1 is 1.21 bits per heavy atom. The molecule has 0 atom stereocenters. The van der Waals surface area contributed by atoms with Gasteiger partial charge in [-0.3, -0.25) is 9.59 Å². The minimum absolute atomic E-state index is 0.0635. The molecule has 1 aromatic carbocycles. The van der Waals surface area contributed by atoms with Crippen molar-refractivity contribution >= 4 is 34.8 Å². The van der Waals surface area contributed by atoms with Crippen LogP contribution in [0.1, 0.15) is 30.5 Å². The molecule has 1 amide bonds. The molecule has 6 nitrogen and oxygen atoms in total. The van der Waals surface area contributed by atoms with Crippen molar-refractivity contribution < 1.29 is 9.59 Å². The third-order valence-corrected chi connectivity index (χ3v) is 6.74. The van der Waals surface area contributed by atoms with Crippen molar-refractivity contribution in [2.75, 3.05) is 16.0 Å². The molecule has 0 saturated heterocycles. The average molecular weight is 459 g/mol. The number of allylic oxidation sites excluding steroid dienone is 4. The number of benzene rings is 1. The quantitative estimate of drug-likeness (QED) is 0.596. The summed E-state index contributed by atoms with van der Waals surface area (Å²) >= 11 is 1.49. The summed E-state index contributed by atoms with van der Waals surface area (Å²) in [7, 11) is 0. The van der Waals surface area contributed by atoms with E-state index in [4.69, 9.17) is 4.98 Å². The number of carbonyl (C=O) groups is 2. The van der Waals surface area contributed by atoms with Gasteiger partial charge in [-0.2, -0.15) is 0 Å². The molecular weight excluding hydrogens is 432 g/mol. The van der Waals surface area contributed by atoms with Crippen LogP contribution in [0.4, 0.5) is 11.4 Å². The summed E-state index contributed by atoms with van der Waals surface area (Å²) in [5, 5.41) is 7.37. The smallest absolute Gasteiger partial charge is 0.230 e. The number of nitrogens with one attached hydrogen (secondary N) is 2. The predicted molar refractivity (Wildman–Crippen MR) is 132 cm³/mol. The number of hydrogen-bond donors (Lipinski definition) is 2. The number of aryl methyl sites for hydroxylation is 1. The highest BCUT2D eigenvalue weighted by Gasteiger charge is 2.26. The number of para-hydroxylation sites is 1. The van der Waals surface area contributed by atoms with Crippen molar-refractivity contribution in [2.45, 2.75) is 43.7 Å². The third kappa shape index (κ3) is 5.03. The number of anilines is 2. The number of rotatable bonds is 7. The summed E-state index contributed by atoms with van der Waals surface area (Å²) < 4.78 is 0. The first-order valence-corrected chi connectivity index (χ1v) is 12.2. The normalized spacial score (nSPS) is 17.2. The van der Waals surface area contributed by atoms with Gasteiger partial charge in [0.15, 0.2) is 5.78 Å². The maximum atomic E-state index is 12.2. The van der Waals surface area contributed by atoms with E-state index >= 15 is 0 Å². The van der Waals surface area contributed by atoms with Gasteiger partial charge in [0, 0.05) is 34.9 Å². The molecule has 2 aliphatic carbocycles. The lowest BCUT2D eigenvalue weighted by atomic mass is 10.0. The van der Waals surface area contributed by atoms with Gasteiger partial charge in [0.25, 0.3) is 0 Å². The molecule has 0 spiro atoms. The monoisotopic (exact) mass is 458 g/mol. The lowest BCUT2D eigenvalue weighted by Gasteiger charge is -2.31. The molecule has 7 heteroatoms. The van der Waals surface area contributed by atoms with Crippen molar-refractivity contribution in [1.82, 2.24) is 10.3 Å². The fraction of sp³-hybridized carbons (Fsp3) is 0.269. The molecule has 5 rings (SSSR count). The van der Waals surface area contributed by atoms with Crippen LogP contribution in [-0.2, 0) is 16.0 Å². The maximum Gasteiger partial charge on any atom is 0.230 e. The van der Waals surface area contributed by atoms with Crippen LogP contribution in [0.25, 0.3) is 0 Å². The average Bonchev–Trinajstić information content (AvgIpc) is 3.62. The number of fused-ring (bicyclic) bond motifs is 1. The van der Waals surface area contributed by atoms with E-state index in [1.807, 2.05) is 43.3 Å². The molecule has 1 aliphatic heterocycles. The van der Waals surface area contributed by atoms with E-state index in [9.17, 15) is 9.59 Å². The number of ketones is 1. The number of amides is 1. The number of nitrogens with zero attached hydrogens (tertiary/aromatic N) is 2. The fourth-order valence-corrected chi connectivity index (χ4v) is 4.93. The zero-order valence-corrected chi connectivity index (χ0v) is 19.3. The second-order valence-corrected chi connectivity index (χ2v) is 9.45. The number of pyridine rings is 1. The van der Waals surface area contributed by atoms with Gasteiger partial charge in [0.1, 0.15) is 5.03 Å². The number of hydrogen-bond acceptors (Lipinski definition) is 6. The van der Waals surface area contributed by atoms with Gasteiger partial charge in [0.2, 0.25) is 5.91 Å². The van der Waals surface area contributed by atoms with E-state index < -0.39 is 0 Å². The van der Waals surface area contributed by atoms with Crippen LogP contribution in [0.3, 0.4) is 0 Å². The van der Waals surface area contributed by atoms with Gasteiger partial charge in [0.05, 0.1) is 23.6 Å². The highest BCUT2D eigenvalue weighted by molar-refractivity contribution is 8.00. The largest absolute Gasteiger partial charge is 0.357 e. The van der Waals surface area contributed by atoms with Gasteiger partial charge < -0.3 is 15.5 Å². The van der Waals surface area contributed by atoms with E-state index in [1.165, 1.54) is 11.8 Å². The van der Waals surface area contributed by atoms with Crippen molar-refractivity contribution in [3.8, 4) is 0 Å². The van der Waals surface area contributed by atoms with E-state index in [0.717, 1.165) is 58.3 Å². The second kappa shape index (κ2) is 9.27. The molecule has 0 radical (unpaired) electrons. The van der Waals surface area contributed by atoms with Gasteiger partial charge in [-0.25, -0.2) is 4.98 Å². The standard InChI is InChI=1S/C26H26N4O2S/c1-17-14-24-21(26(27-17)33-16-25(32)29-19-9-10-19)8-5-13-30(24)23-12-11-20(31)15-22(23)28-18-6-3-2-4-7-18/h2-7,11-14,19,28H,8-10,15-16H2,1H3,(H,29,32). The Morgan fingerprint density at radius 3 is 2.82 bits per heavy atom. The van der Waals surface area contributed by atoms with Gasteiger partial charge in [-0.05, 0) is 56.5 Å². The number of thioether (sulfide) groups is 1. The van der Waals surface area contributed by atoms with E-state index in [2.05, 4.69) is 33.9 Å². The molecule has 0 unspecified atom stereocenters. The Hall–Kier alpha value is -3.32. The Bertz CT molecular complexity index is 1180. The molecule has 0 bridgehead atoms. The third-order valence-electron chi connectivity index (χ3n) is 5.73. The molecule has 2 aromatic rings. The molecule has 3 aliphatic rings. The van der Waals surface area contributed by atoms with E-state index in [-0.39, 0.29) is 11.7 Å². The molecule has 33 heavy (non-hydrogen) atoms. The lowest BCUT2D eigenvalue weighted by Crippen LogP contribution is -2.27. The Labute approximate surface area is 197 Å². The lowest BCUT2D eigenvalue weighted by molar-refractivity contribution is -0.118. The van der Waals surface area contributed by atoms with Crippen molar-refractivity contribution in [2.24, 2.45) is 0 Å². The van der Waals surface area contributed by atoms with Gasteiger partial charge in [-0.15, -0.1) is 0 Å². The van der Waals surface area contributed by atoms with Crippen molar-refractivity contribution in [3.05, 3.63) is 83.5 Å². The first kappa shape index (κ1) is 21.5. The highest BCUT2D eigenvalue weighted by Crippen LogP contribution is 2.37. The first-order valence-electron chi connectivity index (χ1n) is 11.2. The van der Waals surface area contributed by atoms with Crippen LogP contribution in [0.2, 0.25) is 0 Å². The van der Waals surface area contributed by atoms with Crippen LogP contribution >= 0.6 is 11.8 Å². The van der Waals surface area contributed by atoms with Crippen LogP contribution in [0.15, 0.2) is 77.2 Å². The maximum absolute atomic E-state index is 12.2. The van der Waals surface area contributed by atoms with E-state index in [1.54, 1.807) is 6.08 Å². The van der Waals surface area contributed by atoms with Crippen molar-refractivity contribution in [3.63, 3.8) is 0 Å². The van der Waals surface area contributed by atoms with Crippen LogP contribution in [0, 0.1) is 6.92 Å². The Morgan fingerprint density at radius 2 is 2.03 bits per heavy atom. The van der Waals surface area contributed by atoms with Crippen LogP contribution < -0.4 is 15.5 Å². The van der Waals surface area contributed by atoms with Crippen molar-refractivity contribution in [1.29, 1.82) is 0 Å². The summed E-state index contributed by atoms with van der Waals surface area (Å²) in [5.41, 5.74) is 5.77. The summed E-state index contributed by atoms with van der Waals surface area (Å²) in [6, 6.07) is 12.3. The zero-order valence-electron chi connectivity index (χ0n) is 18.5. The Balaban J connectivity index is 1.46. The zero-order chi connectivity index (χ0) is 22.8. The van der Waals surface area contributed by atoms with Crippen LogP contribution in [-0.4, -0.2) is 28.5 Å². The number of aromatic nitrogens is 1.